The van der Waals surface area contributed by atoms with E-state index in [2.05, 4.69) is 4.90 Å². The zero-order chi connectivity index (χ0) is 14.7. The first-order chi connectivity index (χ1) is 9.47. The minimum absolute atomic E-state index is 0.0285. The van der Waals surface area contributed by atoms with Gasteiger partial charge in [0.25, 0.3) is 0 Å². The fraction of sp³-hybridized carbons (Fsp3) is 0.462. The molecule has 0 amide bonds. The molecule has 110 valence electrons. The number of rotatable bonds is 4. The van der Waals surface area contributed by atoms with Crippen molar-refractivity contribution < 1.29 is 18.8 Å². The second kappa shape index (κ2) is 6.67. The van der Waals surface area contributed by atoms with E-state index in [9.17, 15) is 9.00 Å². The normalized spacial score (nSPS) is 21.6. The zero-order valence-corrected chi connectivity index (χ0v) is 12.6. The molecule has 7 heteroatoms. The molecule has 1 fully saturated rings. The van der Waals surface area contributed by atoms with E-state index in [1.165, 1.54) is 12.1 Å². The SMILES string of the molecule is CN1CCOC(CS(=O)c2ccc(Cl)c(C(=O)O)c2)C1. The highest BCUT2D eigenvalue weighted by atomic mass is 35.5. The Morgan fingerprint density at radius 3 is 3.00 bits per heavy atom. The molecule has 20 heavy (non-hydrogen) atoms. The molecule has 5 nitrogen and oxygen atoms in total. The Morgan fingerprint density at radius 1 is 1.60 bits per heavy atom. The predicted molar refractivity (Wildman–Crippen MR) is 76.9 cm³/mol. The number of aromatic carboxylic acids is 1. The topological polar surface area (TPSA) is 66.8 Å². The van der Waals surface area contributed by atoms with Crippen molar-refractivity contribution >= 4 is 28.4 Å². The third-order valence-electron chi connectivity index (χ3n) is 3.11. The molecule has 2 rings (SSSR count). The molecule has 2 atom stereocenters. The van der Waals surface area contributed by atoms with Crippen molar-refractivity contribution in [3.63, 3.8) is 0 Å². The molecule has 1 aromatic carbocycles. The maximum atomic E-state index is 12.3. The van der Waals surface area contributed by atoms with Gasteiger partial charge < -0.3 is 14.7 Å². The van der Waals surface area contributed by atoms with Crippen LogP contribution in [0, 0.1) is 0 Å². The summed E-state index contributed by atoms with van der Waals surface area (Å²) in [6, 6.07) is 4.43. The molecule has 1 aromatic rings. The average molecular weight is 318 g/mol. The highest BCUT2D eigenvalue weighted by Gasteiger charge is 2.21. The maximum absolute atomic E-state index is 12.3. The van der Waals surface area contributed by atoms with Gasteiger partial charge in [0, 0.05) is 18.0 Å². The van der Waals surface area contributed by atoms with Gasteiger partial charge in [-0.05, 0) is 25.2 Å². The standard InChI is InChI=1S/C13H16ClNO4S/c1-15-4-5-19-9(7-15)8-20(18)10-2-3-12(14)11(6-10)13(16)17/h2-3,6,9H,4-5,7-8H2,1H3,(H,16,17). The van der Waals surface area contributed by atoms with E-state index in [1.807, 2.05) is 7.05 Å². The second-order valence-electron chi connectivity index (χ2n) is 4.71. The molecule has 1 saturated heterocycles. The second-order valence-corrected chi connectivity index (χ2v) is 6.62. The minimum atomic E-state index is -1.30. The van der Waals surface area contributed by atoms with Gasteiger partial charge in [0.1, 0.15) is 0 Å². The van der Waals surface area contributed by atoms with Crippen molar-refractivity contribution in [2.24, 2.45) is 0 Å². The number of carboxylic acid groups (broad SMARTS) is 1. The Bertz CT molecular complexity index is 537. The molecular formula is C13H16ClNO4S. The Morgan fingerprint density at radius 2 is 2.35 bits per heavy atom. The first-order valence-electron chi connectivity index (χ1n) is 6.18. The van der Waals surface area contributed by atoms with Crippen molar-refractivity contribution in [3.05, 3.63) is 28.8 Å². The van der Waals surface area contributed by atoms with Crippen LogP contribution in [0.25, 0.3) is 0 Å². The van der Waals surface area contributed by atoms with E-state index in [4.69, 9.17) is 21.4 Å². The van der Waals surface area contributed by atoms with Crippen molar-refractivity contribution in [1.82, 2.24) is 4.90 Å². The number of carboxylic acids is 1. The fourth-order valence-electron chi connectivity index (χ4n) is 2.04. The quantitative estimate of drug-likeness (QED) is 0.911. The molecule has 0 spiro atoms. The first-order valence-corrected chi connectivity index (χ1v) is 7.88. The number of ether oxygens (including phenoxy) is 1. The van der Waals surface area contributed by atoms with Crippen molar-refractivity contribution in [2.75, 3.05) is 32.5 Å². The Labute approximate surface area is 124 Å². The molecule has 1 aliphatic rings. The van der Waals surface area contributed by atoms with Crippen LogP contribution >= 0.6 is 11.6 Å². The number of halogens is 1. The number of nitrogens with zero attached hydrogens (tertiary/aromatic N) is 1. The highest BCUT2D eigenvalue weighted by Crippen LogP contribution is 2.20. The van der Waals surface area contributed by atoms with Crippen LogP contribution in [0.4, 0.5) is 0 Å². The van der Waals surface area contributed by atoms with Gasteiger partial charge in [0.2, 0.25) is 0 Å². The van der Waals surface area contributed by atoms with Gasteiger partial charge in [-0.1, -0.05) is 11.6 Å². The number of hydrogen-bond donors (Lipinski definition) is 1. The molecule has 0 bridgehead atoms. The third-order valence-corrected chi connectivity index (χ3v) is 4.89. The number of likely N-dealkylation sites (N-methyl/N-ethyl adjacent to an activating group) is 1. The zero-order valence-electron chi connectivity index (χ0n) is 11.0. The van der Waals surface area contributed by atoms with E-state index < -0.39 is 16.8 Å². The van der Waals surface area contributed by atoms with Crippen molar-refractivity contribution in [1.29, 1.82) is 0 Å². The van der Waals surface area contributed by atoms with E-state index in [0.717, 1.165) is 13.1 Å². The summed E-state index contributed by atoms with van der Waals surface area (Å²) in [6.45, 7) is 2.22. The van der Waals surface area contributed by atoms with Crippen molar-refractivity contribution in [3.8, 4) is 0 Å². The summed E-state index contributed by atoms with van der Waals surface area (Å²) in [5.41, 5.74) is -0.0285. The molecule has 0 aliphatic carbocycles. The smallest absolute Gasteiger partial charge is 0.337 e. The highest BCUT2D eigenvalue weighted by molar-refractivity contribution is 7.85. The average Bonchev–Trinajstić information content (AvgIpc) is 2.38. The first kappa shape index (κ1) is 15.4. The number of hydrogen-bond acceptors (Lipinski definition) is 4. The molecule has 0 aromatic heterocycles. The summed E-state index contributed by atoms with van der Waals surface area (Å²) in [5, 5.41) is 9.16. The minimum Gasteiger partial charge on any atom is -0.478 e. The largest absolute Gasteiger partial charge is 0.478 e. The van der Waals surface area contributed by atoms with Gasteiger partial charge >= 0.3 is 5.97 Å². The summed E-state index contributed by atoms with van der Waals surface area (Å²) in [4.78, 5) is 13.6. The van der Waals surface area contributed by atoms with E-state index in [-0.39, 0.29) is 16.7 Å². The van der Waals surface area contributed by atoms with Crippen LogP contribution in [-0.2, 0) is 15.5 Å². The van der Waals surface area contributed by atoms with Gasteiger partial charge in [-0.3, -0.25) is 4.21 Å². The Balaban J connectivity index is 2.09. The molecule has 0 radical (unpaired) electrons. The van der Waals surface area contributed by atoms with Crippen LogP contribution in [0.2, 0.25) is 5.02 Å². The number of carbonyl (C=O) groups is 1. The summed E-state index contributed by atoms with van der Waals surface area (Å²) in [7, 11) is 0.685. The van der Waals surface area contributed by atoms with Gasteiger partial charge in [0.05, 0.1) is 39.8 Å². The number of morpholine rings is 1. The van der Waals surface area contributed by atoms with Gasteiger partial charge in [-0.2, -0.15) is 0 Å². The van der Waals surface area contributed by atoms with Crippen LogP contribution in [0.3, 0.4) is 0 Å². The molecular weight excluding hydrogens is 302 g/mol. The summed E-state index contributed by atoms with van der Waals surface area (Å²) >= 11 is 5.80. The molecule has 0 saturated carbocycles. The molecule has 2 unspecified atom stereocenters. The number of benzene rings is 1. The molecule has 1 N–H and O–H groups in total. The Hall–Kier alpha value is -0.950. The predicted octanol–water partition coefficient (Wildman–Crippen LogP) is 1.48. The van der Waals surface area contributed by atoms with E-state index in [0.29, 0.717) is 17.3 Å². The van der Waals surface area contributed by atoms with Crippen LogP contribution in [-0.4, -0.2) is 58.8 Å². The summed E-state index contributed by atoms with van der Waals surface area (Å²) in [5.74, 6) is -0.770. The van der Waals surface area contributed by atoms with Crippen molar-refractivity contribution in [2.45, 2.75) is 11.0 Å². The lowest BCUT2D eigenvalue weighted by molar-refractivity contribution is -0.00640. The van der Waals surface area contributed by atoms with Gasteiger partial charge in [-0.15, -0.1) is 0 Å². The summed E-state index contributed by atoms with van der Waals surface area (Å²) in [6.07, 6.45) is -0.0986. The lowest BCUT2D eigenvalue weighted by Gasteiger charge is -2.29. The molecule has 1 heterocycles. The lowest BCUT2D eigenvalue weighted by atomic mass is 10.2. The van der Waals surface area contributed by atoms with E-state index in [1.54, 1.807) is 6.07 Å². The lowest BCUT2D eigenvalue weighted by Crippen LogP contribution is -2.42. The van der Waals surface area contributed by atoms with Gasteiger partial charge in [-0.25, -0.2) is 4.79 Å². The third kappa shape index (κ3) is 3.79. The van der Waals surface area contributed by atoms with Crippen LogP contribution in [0.5, 0.6) is 0 Å². The maximum Gasteiger partial charge on any atom is 0.337 e. The fourth-order valence-corrected chi connectivity index (χ4v) is 3.44. The van der Waals surface area contributed by atoms with Crippen LogP contribution < -0.4 is 0 Å². The summed E-state index contributed by atoms with van der Waals surface area (Å²) < 4.78 is 17.8. The van der Waals surface area contributed by atoms with Gasteiger partial charge in [0.15, 0.2) is 0 Å². The van der Waals surface area contributed by atoms with E-state index >= 15 is 0 Å². The van der Waals surface area contributed by atoms with Crippen LogP contribution in [0.15, 0.2) is 23.1 Å². The monoisotopic (exact) mass is 317 g/mol. The Kier molecular flexibility index (Phi) is 5.15. The molecule has 1 aliphatic heterocycles. The van der Waals surface area contributed by atoms with Crippen LogP contribution in [0.1, 0.15) is 10.4 Å².